The molecule has 0 spiro atoms. The molecule has 2 rings (SSSR count). The van der Waals surface area contributed by atoms with Crippen LogP contribution in [0.4, 0.5) is 4.39 Å². The molecule has 0 bridgehead atoms. The molecule has 1 aliphatic heterocycles. The highest BCUT2D eigenvalue weighted by Gasteiger charge is 2.21. The monoisotopic (exact) mass is 294 g/mol. The number of halogens is 1. The van der Waals surface area contributed by atoms with Crippen LogP contribution in [-0.4, -0.2) is 54.7 Å². The zero-order chi connectivity index (χ0) is 15.4. The van der Waals surface area contributed by atoms with Gasteiger partial charge in [-0.25, -0.2) is 4.39 Å². The van der Waals surface area contributed by atoms with Crippen LogP contribution in [0.3, 0.4) is 0 Å². The van der Waals surface area contributed by atoms with Crippen molar-refractivity contribution >= 4 is 0 Å². The molecule has 1 N–H and O–H groups in total. The quantitative estimate of drug-likeness (QED) is 0.904. The summed E-state index contributed by atoms with van der Waals surface area (Å²) in [6.45, 7) is 4.83. The fourth-order valence-electron chi connectivity index (χ4n) is 2.99. The first-order chi connectivity index (χ1) is 9.97. The zero-order valence-electron chi connectivity index (χ0n) is 13.3. The third kappa shape index (κ3) is 4.50. The van der Waals surface area contributed by atoms with Crippen molar-refractivity contribution in [1.82, 2.24) is 9.80 Å². The highest BCUT2D eigenvalue weighted by atomic mass is 19.1. The van der Waals surface area contributed by atoms with Gasteiger partial charge in [0, 0.05) is 19.1 Å². The predicted octanol–water partition coefficient (Wildman–Crippen LogP) is 2.58. The Labute approximate surface area is 127 Å². The number of aryl methyl sites for hydroxylation is 1. The molecule has 0 saturated carbocycles. The molecule has 2 unspecified atom stereocenters. The van der Waals surface area contributed by atoms with E-state index in [1.165, 1.54) is 25.5 Å². The number of hydrogen-bond donors (Lipinski definition) is 1. The molecule has 21 heavy (non-hydrogen) atoms. The van der Waals surface area contributed by atoms with Crippen LogP contribution in [0, 0.1) is 12.7 Å². The van der Waals surface area contributed by atoms with Crippen molar-refractivity contribution in [3.63, 3.8) is 0 Å². The van der Waals surface area contributed by atoms with Crippen LogP contribution >= 0.6 is 0 Å². The van der Waals surface area contributed by atoms with Gasteiger partial charge in [-0.1, -0.05) is 12.1 Å². The van der Waals surface area contributed by atoms with E-state index in [1.54, 1.807) is 13.0 Å². The molecule has 2 atom stereocenters. The molecule has 1 aliphatic rings. The predicted molar refractivity (Wildman–Crippen MR) is 83.9 cm³/mol. The highest BCUT2D eigenvalue weighted by molar-refractivity contribution is 5.24. The van der Waals surface area contributed by atoms with E-state index in [-0.39, 0.29) is 5.82 Å². The number of hydrogen-bond acceptors (Lipinski definition) is 3. The Bertz CT molecular complexity index is 466. The van der Waals surface area contributed by atoms with Gasteiger partial charge in [-0.05, 0) is 64.0 Å². The minimum absolute atomic E-state index is 0.242. The Morgan fingerprint density at radius 2 is 2.24 bits per heavy atom. The SMILES string of the molecule is Cc1ccc(C(O)CCN(C)C2CCCN(C)C2)cc1F. The molecular weight excluding hydrogens is 267 g/mol. The molecule has 1 heterocycles. The lowest BCUT2D eigenvalue weighted by molar-refractivity contribution is 0.104. The Morgan fingerprint density at radius 3 is 2.90 bits per heavy atom. The number of benzene rings is 1. The third-order valence-corrected chi connectivity index (χ3v) is 4.56. The summed E-state index contributed by atoms with van der Waals surface area (Å²) < 4.78 is 13.5. The van der Waals surface area contributed by atoms with Crippen molar-refractivity contribution in [2.45, 2.75) is 38.3 Å². The molecule has 1 aromatic rings. The first-order valence-electron chi connectivity index (χ1n) is 7.80. The standard InChI is InChI=1S/C17H27FN2O/c1-13-6-7-14(11-16(13)18)17(21)8-10-20(3)15-5-4-9-19(2)12-15/h6-7,11,15,17,21H,4-5,8-10,12H2,1-3H3. The molecule has 3 nitrogen and oxygen atoms in total. The van der Waals surface area contributed by atoms with Crippen molar-refractivity contribution in [2.24, 2.45) is 0 Å². The molecule has 4 heteroatoms. The molecule has 1 saturated heterocycles. The maximum atomic E-state index is 13.5. The van der Waals surface area contributed by atoms with Gasteiger partial charge >= 0.3 is 0 Å². The van der Waals surface area contributed by atoms with Crippen molar-refractivity contribution in [3.05, 3.63) is 35.1 Å². The van der Waals surface area contributed by atoms with Gasteiger partial charge in [0.25, 0.3) is 0 Å². The Balaban J connectivity index is 1.85. The lowest BCUT2D eigenvalue weighted by atomic mass is 10.0. The average molecular weight is 294 g/mol. The van der Waals surface area contributed by atoms with Crippen molar-refractivity contribution in [1.29, 1.82) is 0 Å². The first kappa shape index (κ1) is 16.4. The topological polar surface area (TPSA) is 26.7 Å². The molecule has 1 aromatic carbocycles. The van der Waals surface area contributed by atoms with Gasteiger partial charge < -0.3 is 14.9 Å². The molecule has 1 fully saturated rings. The number of likely N-dealkylation sites (tertiary alicyclic amines) is 1. The Hall–Kier alpha value is -0.970. The van der Waals surface area contributed by atoms with Crippen molar-refractivity contribution in [2.75, 3.05) is 33.7 Å². The zero-order valence-corrected chi connectivity index (χ0v) is 13.3. The normalized spacial score (nSPS) is 21.7. The summed E-state index contributed by atoms with van der Waals surface area (Å²) in [6, 6.07) is 5.56. The maximum absolute atomic E-state index is 13.5. The van der Waals surface area contributed by atoms with Crippen molar-refractivity contribution < 1.29 is 9.50 Å². The summed E-state index contributed by atoms with van der Waals surface area (Å²) in [4.78, 5) is 4.68. The van der Waals surface area contributed by atoms with Crippen LogP contribution in [0.1, 0.15) is 36.5 Å². The number of rotatable bonds is 5. The second-order valence-electron chi connectivity index (χ2n) is 6.35. The maximum Gasteiger partial charge on any atom is 0.126 e. The fourth-order valence-corrected chi connectivity index (χ4v) is 2.99. The van der Waals surface area contributed by atoms with E-state index in [0.29, 0.717) is 23.6 Å². The average Bonchev–Trinajstić information content (AvgIpc) is 2.47. The fraction of sp³-hybridized carbons (Fsp3) is 0.647. The minimum Gasteiger partial charge on any atom is -0.388 e. The van der Waals surface area contributed by atoms with E-state index in [1.807, 2.05) is 6.07 Å². The van der Waals surface area contributed by atoms with E-state index in [9.17, 15) is 9.50 Å². The smallest absolute Gasteiger partial charge is 0.126 e. The minimum atomic E-state index is -0.594. The van der Waals surface area contributed by atoms with Crippen LogP contribution in [0.2, 0.25) is 0 Å². The highest BCUT2D eigenvalue weighted by Crippen LogP contribution is 2.21. The largest absolute Gasteiger partial charge is 0.388 e. The number of aliphatic hydroxyl groups excluding tert-OH is 1. The van der Waals surface area contributed by atoms with Gasteiger partial charge in [0.1, 0.15) is 5.82 Å². The summed E-state index contributed by atoms with van der Waals surface area (Å²) >= 11 is 0. The van der Waals surface area contributed by atoms with Crippen LogP contribution in [0.25, 0.3) is 0 Å². The van der Waals surface area contributed by atoms with E-state index >= 15 is 0 Å². The molecule has 0 amide bonds. The summed E-state index contributed by atoms with van der Waals surface area (Å²) in [6.07, 6.45) is 2.50. The number of likely N-dealkylation sites (N-methyl/N-ethyl adjacent to an activating group) is 2. The van der Waals surface area contributed by atoms with Crippen molar-refractivity contribution in [3.8, 4) is 0 Å². The molecule has 118 valence electrons. The molecule has 0 radical (unpaired) electrons. The van der Waals surface area contributed by atoms with Gasteiger partial charge in [0.2, 0.25) is 0 Å². The van der Waals surface area contributed by atoms with Crippen LogP contribution < -0.4 is 0 Å². The number of nitrogens with zero attached hydrogens (tertiary/aromatic N) is 2. The van der Waals surface area contributed by atoms with E-state index in [0.717, 1.165) is 13.1 Å². The molecule has 0 aliphatic carbocycles. The second kappa shape index (κ2) is 7.34. The lowest BCUT2D eigenvalue weighted by Gasteiger charge is -2.36. The summed E-state index contributed by atoms with van der Waals surface area (Å²) in [7, 11) is 4.27. The molecular formula is C17H27FN2O. The Kier molecular flexibility index (Phi) is 5.73. The van der Waals surface area contributed by atoms with Gasteiger partial charge in [0.15, 0.2) is 0 Å². The van der Waals surface area contributed by atoms with Gasteiger partial charge in [-0.3, -0.25) is 0 Å². The lowest BCUT2D eigenvalue weighted by Crippen LogP contribution is -2.45. The molecule has 0 aromatic heterocycles. The third-order valence-electron chi connectivity index (χ3n) is 4.56. The second-order valence-corrected chi connectivity index (χ2v) is 6.35. The first-order valence-corrected chi connectivity index (χ1v) is 7.80. The summed E-state index contributed by atoms with van der Waals surface area (Å²) in [5.41, 5.74) is 1.29. The number of aliphatic hydroxyl groups is 1. The van der Waals surface area contributed by atoms with Gasteiger partial charge in [-0.2, -0.15) is 0 Å². The summed E-state index contributed by atoms with van der Waals surface area (Å²) in [5, 5.41) is 10.2. The van der Waals surface area contributed by atoms with E-state index in [4.69, 9.17) is 0 Å². The van der Waals surface area contributed by atoms with Gasteiger partial charge in [-0.15, -0.1) is 0 Å². The van der Waals surface area contributed by atoms with Gasteiger partial charge in [0.05, 0.1) is 6.10 Å². The number of piperidine rings is 1. The van der Waals surface area contributed by atoms with E-state index < -0.39 is 6.10 Å². The van der Waals surface area contributed by atoms with Crippen LogP contribution in [0.15, 0.2) is 18.2 Å². The van der Waals surface area contributed by atoms with Crippen LogP contribution in [-0.2, 0) is 0 Å². The Morgan fingerprint density at radius 1 is 1.48 bits per heavy atom. The summed E-state index contributed by atoms with van der Waals surface area (Å²) in [5.74, 6) is -0.242. The van der Waals surface area contributed by atoms with Crippen LogP contribution in [0.5, 0.6) is 0 Å². The van der Waals surface area contributed by atoms with E-state index in [2.05, 4.69) is 23.9 Å².